The summed E-state index contributed by atoms with van der Waals surface area (Å²) in [6.07, 6.45) is 6.08. The molecule has 6 heteroatoms. The minimum absolute atomic E-state index is 0. The topological polar surface area (TPSA) is 50.2 Å². The lowest BCUT2D eigenvalue weighted by Crippen LogP contribution is -2.43. The molecule has 2 aromatic rings. The van der Waals surface area contributed by atoms with E-state index in [1.54, 1.807) is 0 Å². The number of likely N-dealkylation sites (tertiary alicyclic amines) is 1. The SMILES string of the molecule is Cc1ccccc1C1CCN(C(=O)[C@H]2CNC[C@@H]2c2cnn(C)c2)CC1.Cl. The molecule has 1 N–H and O–H groups in total. The minimum Gasteiger partial charge on any atom is -0.342 e. The summed E-state index contributed by atoms with van der Waals surface area (Å²) in [6.45, 7) is 5.57. The van der Waals surface area contributed by atoms with E-state index < -0.39 is 0 Å². The van der Waals surface area contributed by atoms with E-state index in [1.165, 1.54) is 16.7 Å². The average Bonchev–Trinajstić information content (AvgIpc) is 3.30. The van der Waals surface area contributed by atoms with Crippen LogP contribution in [0.1, 0.15) is 41.4 Å². The number of nitrogens with one attached hydrogen (secondary N) is 1. The van der Waals surface area contributed by atoms with Gasteiger partial charge in [-0.05, 0) is 42.4 Å². The van der Waals surface area contributed by atoms with Gasteiger partial charge >= 0.3 is 0 Å². The van der Waals surface area contributed by atoms with Gasteiger partial charge in [0.05, 0.1) is 12.1 Å². The number of aromatic nitrogens is 2. The first kappa shape index (κ1) is 19.9. The molecule has 146 valence electrons. The number of aryl methyl sites for hydroxylation is 2. The summed E-state index contributed by atoms with van der Waals surface area (Å²) in [7, 11) is 1.93. The highest BCUT2D eigenvalue weighted by atomic mass is 35.5. The Hall–Kier alpha value is -1.85. The Morgan fingerprint density at radius 1 is 1.19 bits per heavy atom. The molecule has 1 aromatic carbocycles. The second kappa shape index (κ2) is 8.44. The highest BCUT2D eigenvalue weighted by Crippen LogP contribution is 2.33. The largest absolute Gasteiger partial charge is 0.342 e. The molecule has 0 spiro atoms. The van der Waals surface area contributed by atoms with Crippen molar-refractivity contribution in [1.82, 2.24) is 20.0 Å². The summed E-state index contributed by atoms with van der Waals surface area (Å²) in [6, 6.07) is 8.66. The molecule has 3 heterocycles. The zero-order valence-corrected chi connectivity index (χ0v) is 16.9. The summed E-state index contributed by atoms with van der Waals surface area (Å²) in [4.78, 5) is 15.3. The second-order valence-electron chi connectivity index (χ2n) is 7.77. The first-order valence-electron chi connectivity index (χ1n) is 9.67. The Labute approximate surface area is 167 Å². The van der Waals surface area contributed by atoms with Gasteiger partial charge in [-0.25, -0.2) is 0 Å². The lowest BCUT2D eigenvalue weighted by Gasteiger charge is -2.35. The first-order chi connectivity index (χ1) is 12.6. The maximum Gasteiger partial charge on any atom is 0.227 e. The van der Waals surface area contributed by atoms with Gasteiger partial charge in [0.1, 0.15) is 0 Å². The molecule has 2 atom stereocenters. The van der Waals surface area contributed by atoms with Crippen molar-refractivity contribution in [3.05, 3.63) is 53.3 Å². The fraction of sp³-hybridized carbons (Fsp3) is 0.524. The molecule has 0 aliphatic carbocycles. The van der Waals surface area contributed by atoms with Crippen molar-refractivity contribution in [2.45, 2.75) is 31.6 Å². The maximum absolute atomic E-state index is 13.2. The van der Waals surface area contributed by atoms with Crippen LogP contribution >= 0.6 is 12.4 Å². The van der Waals surface area contributed by atoms with E-state index in [-0.39, 0.29) is 24.2 Å². The first-order valence-corrected chi connectivity index (χ1v) is 9.67. The number of rotatable bonds is 3. The smallest absolute Gasteiger partial charge is 0.227 e. The van der Waals surface area contributed by atoms with Gasteiger partial charge in [-0.2, -0.15) is 5.10 Å². The zero-order chi connectivity index (χ0) is 18.1. The van der Waals surface area contributed by atoms with Gasteiger partial charge < -0.3 is 10.2 Å². The predicted octanol–water partition coefficient (Wildman–Crippen LogP) is 2.86. The second-order valence-corrected chi connectivity index (χ2v) is 7.77. The van der Waals surface area contributed by atoms with E-state index >= 15 is 0 Å². The van der Waals surface area contributed by atoms with Crippen LogP contribution in [-0.2, 0) is 11.8 Å². The van der Waals surface area contributed by atoms with Crippen molar-refractivity contribution >= 4 is 18.3 Å². The summed E-state index contributed by atoms with van der Waals surface area (Å²) in [5.74, 6) is 1.17. The van der Waals surface area contributed by atoms with Crippen molar-refractivity contribution in [3.63, 3.8) is 0 Å². The number of hydrogen-bond acceptors (Lipinski definition) is 3. The minimum atomic E-state index is 0. The third-order valence-electron chi connectivity index (χ3n) is 6.12. The standard InChI is InChI=1S/C21H28N4O.ClH/c1-15-5-3-4-6-18(15)16-7-9-25(10-8-16)21(26)20-13-22-12-19(20)17-11-23-24(2)14-17;/h3-6,11,14,16,19-20,22H,7-10,12-13H2,1-2H3;1H/t19-,20+;/m1./s1. The third kappa shape index (κ3) is 4.04. The molecule has 2 saturated heterocycles. The predicted molar refractivity (Wildman–Crippen MR) is 109 cm³/mol. The van der Waals surface area contributed by atoms with E-state index in [4.69, 9.17) is 0 Å². The molecule has 1 amide bonds. The number of amides is 1. The van der Waals surface area contributed by atoms with Crippen LogP contribution in [0.2, 0.25) is 0 Å². The highest BCUT2D eigenvalue weighted by molar-refractivity contribution is 5.85. The molecule has 0 bridgehead atoms. The molecule has 4 rings (SSSR count). The van der Waals surface area contributed by atoms with Gasteiger partial charge in [-0.15, -0.1) is 12.4 Å². The lowest BCUT2D eigenvalue weighted by atomic mass is 9.85. The van der Waals surface area contributed by atoms with E-state index in [1.807, 2.05) is 24.1 Å². The van der Waals surface area contributed by atoms with E-state index in [0.29, 0.717) is 11.8 Å². The normalized spacial score (nSPS) is 23.3. The van der Waals surface area contributed by atoms with E-state index in [2.05, 4.69) is 46.5 Å². The van der Waals surface area contributed by atoms with E-state index in [9.17, 15) is 4.79 Å². The number of benzene rings is 1. The fourth-order valence-corrected chi connectivity index (χ4v) is 4.61. The highest BCUT2D eigenvalue weighted by Gasteiger charge is 2.38. The Morgan fingerprint density at radius 2 is 1.93 bits per heavy atom. The van der Waals surface area contributed by atoms with Crippen LogP contribution in [0.3, 0.4) is 0 Å². The molecule has 1 aromatic heterocycles. The molecule has 2 aliphatic heterocycles. The monoisotopic (exact) mass is 388 g/mol. The van der Waals surface area contributed by atoms with Gasteiger partial charge in [0.25, 0.3) is 0 Å². The number of halogens is 1. The molecule has 2 aliphatic rings. The van der Waals surface area contributed by atoms with Gasteiger partial charge in [-0.1, -0.05) is 24.3 Å². The number of hydrogen-bond donors (Lipinski definition) is 1. The van der Waals surface area contributed by atoms with Crippen molar-refractivity contribution < 1.29 is 4.79 Å². The Morgan fingerprint density at radius 3 is 2.59 bits per heavy atom. The number of nitrogens with zero attached hydrogens (tertiary/aromatic N) is 3. The van der Waals surface area contributed by atoms with Crippen LogP contribution < -0.4 is 5.32 Å². The molecule has 27 heavy (non-hydrogen) atoms. The molecule has 0 unspecified atom stereocenters. The number of piperidine rings is 1. The van der Waals surface area contributed by atoms with Crippen molar-refractivity contribution in [3.8, 4) is 0 Å². The molecule has 5 nitrogen and oxygen atoms in total. The van der Waals surface area contributed by atoms with Crippen molar-refractivity contribution in [2.75, 3.05) is 26.2 Å². The van der Waals surface area contributed by atoms with Crippen molar-refractivity contribution in [2.24, 2.45) is 13.0 Å². The zero-order valence-electron chi connectivity index (χ0n) is 16.1. The van der Waals surface area contributed by atoms with Crippen LogP contribution in [0.25, 0.3) is 0 Å². The summed E-state index contributed by atoms with van der Waals surface area (Å²) in [5.41, 5.74) is 4.00. The summed E-state index contributed by atoms with van der Waals surface area (Å²) in [5, 5.41) is 7.69. The van der Waals surface area contributed by atoms with Gasteiger partial charge in [0.15, 0.2) is 0 Å². The quantitative estimate of drug-likeness (QED) is 0.879. The average molecular weight is 389 g/mol. The van der Waals surface area contributed by atoms with Gasteiger partial charge in [-0.3, -0.25) is 9.48 Å². The Kier molecular flexibility index (Phi) is 6.22. The van der Waals surface area contributed by atoms with Crippen LogP contribution in [0.5, 0.6) is 0 Å². The van der Waals surface area contributed by atoms with Crippen LogP contribution in [0, 0.1) is 12.8 Å². The lowest BCUT2D eigenvalue weighted by molar-refractivity contribution is -0.136. The molecule has 0 radical (unpaired) electrons. The third-order valence-corrected chi connectivity index (χ3v) is 6.12. The van der Waals surface area contributed by atoms with Crippen LogP contribution in [0.4, 0.5) is 0 Å². The van der Waals surface area contributed by atoms with Crippen molar-refractivity contribution in [1.29, 1.82) is 0 Å². The molecular weight excluding hydrogens is 360 g/mol. The maximum atomic E-state index is 13.2. The van der Waals surface area contributed by atoms with E-state index in [0.717, 1.165) is 39.0 Å². The van der Waals surface area contributed by atoms with Crippen LogP contribution in [0.15, 0.2) is 36.7 Å². The number of carbonyl (C=O) groups excluding carboxylic acids is 1. The Bertz CT molecular complexity index is 782. The fourth-order valence-electron chi connectivity index (χ4n) is 4.61. The molecule has 0 saturated carbocycles. The van der Waals surface area contributed by atoms with Crippen LogP contribution in [-0.4, -0.2) is 46.8 Å². The summed E-state index contributed by atoms with van der Waals surface area (Å²) >= 11 is 0. The molecular formula is C21H29ClN4O. The van der Waals surface area contributed by atoms with Gasteiger partial charge in [0.2, 0.25) is 5.91 Å². The summed E-state index contributed by atoms with van der Waals surface area (Å²) < 4.78 is 1.82. The Balaban J connectivity index is 0.00000210. The number of carbonyl (C=O) groups is 1. The van der Waals surface area contributed by atoms with Gasteiger partial charge in [0, 0.05) is 45.3 Å². The molecule has 2 fully saturated rings.